The highest BCUT2D eigenvalue weighted by atomic mass is 19.1. The monoisotopic (exact) mass is 172 g/mol. The highest BCUT2D eigenvalue weighted by Gasteiger charge is 1.98. The van der Waals surface area contributed by atoms with Gasteiger partial charge >= 0.3 is 0 Å². The van der Waals surface area contributed by atoms with Crippen LogP contribution in [0.25, 0.3) is 0 Å². The van der Waals surface area contributed by atoms with Crippen LogP contribution in [0.15, 0.2) is 36.5 Å². The van der Waals surface area contributed by atoms with Gasteiger partial charge in [-0.05, 0) is 31.6 Å². The summed E-state index contributed by atoms with van der Waals surface area (Å²) >= 11 is 0. The van der Waals surface area contributed by atoms with Gasteiger partial charge in [0.05, 0.1) is 6.33 Å². The van der Waals surface area contributed by atoms with Crippen LogP contribution < -0.4 is 0 Å². The van der Waals surface area contributed by atoms with Crippen molar-refractivity contribution < 1.29 is 8.78 Å². The van der Waals surface area contributed by atoms with Gasteiger partial charge in [-0.2, -0.15) is 0 Å². The van der Waals surface area contributed by atoms with Crippen LogP contribution in [0.3, 0.4) is 0 Å². The smallest absolute Gasteiger partial charge is 0.119 e. The number of hydrogen-bond donors (Lipinski definition) is 0. The van der Waals surface area contributed by atoms with E-state index in [1.807, 2.05) is 6.92 Å². The average molecular weight is 172 g/mol. The van der Waals surface area contributed by atoms with Gasteiger partial charge in [0.2, 0.25) is 0 Å². The van der Waals surface area contributed by atoms with Gasteiger partial charge in [-0.1, -0.05) is 13.0 Å². The fraction of sp³-hybridized carbons (Fsp3) is 0.400. The van der Waals surface area contributed by atoms with Crippen LogP contribution in [0.2, 0.25) is 0 Å². The molecule has 0 rings (SSSR count). The maximum atomic E-state index is 12.8. The van der Waals surface area contributed by atoms with Crippen LogP contribution in [-0.2, 0) is 0 Å². The van der Waals surface area contributed by atoms with Gasteiger partial charge in [0, 0.05) is 5.92 Å². The first-order chi connectivity index (χ1) is 5.74. The molecule has 2 heteroatoms. The van der Waals surface area contributed by atoms with E-state index in [1.165, 1.54) is 18.2 Å². The minimum Gasteiger partial charge on any atom is -0.216 e. The third-order valence-corrected chi connectivity index (χ3v) is 1.49. The SMILES string of the molecule is C/C=C\C(F)=CC(/C=C/F)CC. The van der Waals surface area contributed by atoms with Crippen molar-refractivity contribution in [3.63, 3.8) is 0 Å². The highest BCUT2D eigenvalue weighted by Crippen LogP contribution is 2.11. The summed E-state index contributed by atoms with van der Waals surface area (Å²) in [5, 5.41) is 0. The van der Waals surface area contributed by atoms with E-state index >= 15 is 0 Å². The van der Waals surface area contributed by atoms with Gasteiger partial charge in [-0.25, -0.2) is 8.78 Å². The van der Waals surface area contributed by atoms with Crippen molar-refractivity contribution in [2.75, 3.05) is 0 Å². The van der Waals surface area contributed by atoms with Crippen molar-refractivity contribution >= 4 is 0 Å². The largest absolute Gasteiger partial charge is 0.216 e. The molecule has 0 heterocycles. The molecule has 0 aliphatic rings. The Balaban J connectivity index is 4.24. The van der Waals surface area contributed by atoms with Crippen molar-refractivity contribution in [3.05, 3.63) is 36.5 Å². The van der Waals surface area contributed by atoms with Gasteiger partial charge in [0.15, 0.2) is 0 Å². The lowest BCUT2D eigenvalue weighted by molar-refractivity contribution is 0.633. The normalized spacial score (nSPS) is 16.2. The summed E-state index contributed by atoms with van der Waals surface area (Å²) in [4.78, 5) is 0. The molecule has 0 amide bonds. The zero-order valence-electron chi connectivity index (χ0n) is 7.43. The summed E-state index contributed by atoms with van der Waals surface area (Å²) in [5.74, 6) is -0.464. The molecular formula is C10H14F2. The van der Waals surface area contributed by atoms with E-state index in [2.05, 4.69) is 0 Å². The Morgan fingerprint density at radius 3 is 2.58 bits per heavy atom. The summed E-state index contributed by atoms with van der Waals surface area (Å²) < 4.78 is 24.5. The second kappa shape index (κ2) is 6.77. The third-order valence-electron chi connectivity index (χ3n) is 1.49. The zero-order chi connectivity index (χ0) is 9.40. The Morgan fingerprint density at radius 1 is 1.50 bits per heavy atom. The Kier molecular flexibility index (Phi) is 6.25. The summed E-state index contributed by atoms with van der Waals surface area (Å²) in [6.45, 7) is 3.61. The Morgan fingerprint density at radius 2 is 2.17 bits per heavy atom. The van der Waals surface area contributed by atoms with E-state index < -0.39 is 0 Å². The minimum atomic E-state index is -0.317. The van der Waals surface area contributed by atoms with Crippen LogP contribution in [0.1, 0.15) is 20.3 Å². The first-order valence-corrected chi connectivity index (χ1v) is 4.01. The number of rotatable bonds is 4. The van der Waals surface area contributed by atoms with Crippen molar-refractivity contribution in [1.82, 2.24) is 0 Å². The van der Waals surface area contributed by atoms with Crippen molar-refractivity contribution in [2.45, 2.75) is 20.3 Å². The number of halogens is 2. The van der Waals surface area contributed by atoms with E-state index in [0.29, 0.717) is 12.8 Å². The molecule has 0 aromatic heterocycles. The lowest BCUT2D eigenvalue weighted by atomic mass is 10.1. The summed E-state index contributed by atoms with van der Waals surface area (Å²) in [5.41, 5.74) is 0. The van der Waals surface area contributed by atoms with Crippen molar-refractivity contribution in [1.29, 1.82) is 0 Å². The van der Waals surface area contributed by atoms with Gasteiger partial charge in [-0.3, -0.25) is 0 Å². The van der Waals surface area contributed by atoms with Crippen LogP contribution in [0.4, 0.5) is 8.78 Å². The molecule has 0 aliphatic carbocycles. The Bertz CT molecular complexity index is 190. The molecule has 0 bridgehead atoms. The molecule has 0 aromatic rings. The van der Waals surface area contributed by atoms with Crippen LogP contribution >= 0.6 is 0 Å². The maximum absolute atomic E-state index is 12.8. The fourth-order valence-corrected chi connectivity index (χ4v) is 0.822. The molecule has 1 unspecified atom stereocenters. The molecule has 0 spiro atoms. The fourth-order valence-electron chi connectivity index (χ4n) is 0.822. The average Bonchev–Trinajstić information content (AvgIpc) is 2.04. The van der Waals surface area contributed by atoms with E-state index in [0.717, 1.165) is 0 Å². The van der Waals surface area contributed by atoms with Crippen molar-refractivity contribution in [2.24, 2.45) is 5.92 Å². The first kappa shape index (κ1) is 11.1. The standard InChI is InChI=1S/C10H14F2/c1-3-5-10(12)8-9(4-2)6-7-11/h3,5-9H,4H2,1-2H3/b5-3-,7-6+,10-8?. The zero-order valence-corrected chi connectivity index (χ0v) is 7.43. The van der Waals surface area contributed by atoms with Crippen molar-refractivity contribution in [3.8, 4) is 0 Å². The molecule has 0 aliphatic heterocycles. The molecule has 0 fully saturated rings. The minimum absolute atomic E-state index is 0.147. The molecule has 0 radical (unpaired) electrons. The van der Waals surface area contributed by atoms with E-state index in [4.69, 9.17) is 0 Å². The van der Waals surface area contributed by atoms with Gasteiger partial charge in [0.1, 0.15) is 5.83 Å². The molecule has 12 heavy (non-hydrogen) atoms. The molecule has 0 saturated carbocycles. The van der Waals surface area contributed by atoms with Crippen LogP contribution in [0.5, 0.6) is 0 Å². The highest BCUT2D eigenvalue weighted by molar-refractivity contribution is 5.13. The maximum Gasteiger partial charge on any atom is 0.119 e. The number of allylic oxidation sites excluding steroid dienone is 5. The molecule has 68 valence electrons. The van der Waals surface area contributed by atoms with Gasteiger partial charge in [-0.15, -0.1) is 0 Å². The van der Waals surface area contributed by atoms with E-state index in [9.17, 15) is 8.78 Å². The first-order valence-electron chi connectivity index (χ1n) is 4.01. The molecule has 0 saturated heterocycles. The van der Waals surface area contributed by atoms with Gasteiger partial charge < -0.3 is 0 Å². The van der Waals surface area contributed by atoms with Crippen LogP contribution in [-0.4, -0.2) is 0 Å². The van der Waals surface area contributed by atoms with E-state index in [-0.39, 0.29) is 11.7 Å². The lowest BCUT2D eigenvalue weighted by Gasteiger charge is -2.00. The topological polar surface area (TPSA) is 0 Å². The summed E-state index contributed by atoms with van der Waals surface area (Å²) in [6, 6.07) is 0. The Labute approximate surface area is 72.3 Å². The van der Waals surface area contributed by atoms with Gasteiger partial charge in [0.25, 0.3) is 0 Å². The summed E-state index contributed by atoms with van der Waals surface area (Å²) in [7, 11) is 0. The predicted molar refractivity (Wildman–Crippen MR) is 48.0 cm³/mol. The predicted octanol–water partition coefficient (Wildman–Crippen LogP) is 3.93. The van der Waals surface area contributed by atoms with Crippen LogP contribution in [0, 0.1) is 5.92 Å². The molecular weight excluding hydrogens is 158 g/mol. The second-order valence-corrected chi connectivity index (χ2v) is 2.44. The lowest BCUT2D eigenvalue weighted by Crippen LogP contribution is -1.88. The number of hydrogen-bond acceptors (Lipinski definition) is 0. The quantitative estimate of drug-likeness (QED) is 0.564. The second-order valence-electron chi connectivity index (χ2n) is 2.44. The van der Waals surface area contributed by atoms with E-state index in [1.54, 1.807) is 13.0 Å². The summed E-state index contributed by atoms with van der Waals surface area (Å²) in [6.07, 6.45) is 6.85. The molecule has 0 aromatic carbocycles. The third kappa shape index (κ3) is 4.83. The Hall–Kier alpha value is -0.920. The molecule has 0 nitrogen and oxygen atoms in total. The molecule has 1 atom stereocenters. The molecule has 0 N–H and O–H groups in total.